The number of rotatable bonds is 3. The third-order valence-electron chi connectivity index (χ3n) is 3.58. The molecule has 1 aliphatic heterocycles. The standard InChI is InChI=1S/C16H13BrClFO2/c17-15-12(2-1-3-13(15)19)14(20)8-10-7-11(18)6-9-4-5-21-16(9)10/h1-3,6-7,14,20H,4-5,8H2. The third-order valence-corrected chi connectivity index (χ3v) is 4.63. The summed E-state index contributed by atoms with van der Waals surface area (Å²) in [5, 5.41) is 11.0. The van der Waals surface area contributed by atoms with Gasteiger partial charge in [0.2, 0.25) is 0 Å². The van der Waals surface area contributed by atoms with Gasteiger partial charge in [-0.2, -0.15) is 0 Å². The molecule has 3 rings (SSSR count). The number of ether oxygens (including phenoxy) is 1. The molecule has 0 aromatic heterocycles. The molecule has 0 amide bonds. The lowest BCUT2D eigenvalue weighted by molar-refractivity contribution is 0.176. The van der Waals surface area contributed by atoms with Gasteiger partial charge in [0.25, 0.3) is 0 Å². The third kappa shape index (κ3) is 2.93. The Morgan fingerprint density at radius 2 is 2.19 bits per heavy atom. The average molecular weight is 372 g/mol. The molecule has 0 aliphatic carbocycles. The second-order valence-electron chi connectivity index (χ2n) is 5.01. The molecule has 1 aliphatic rings. The van der Waals surface area contributed by atoms with Crippen LogP contribution < -0.4 is 4.74 Å². The van der Waals surface area contributed by atoms with Crippen LogP contribution in [0.2, 0.25) is 5.02 Å². The van der Waals surface area contributed by atoms with Crippen LogP contribution in [0.1, 0.15) is 22.8 Å². The lowest BCUT2D eigenvalue weighted by atomic mass is 9.98. The molecule has 0 fully saturated rings. The molecule has 0 bridgehead atoms. The molecule has 0 saturated heterocycles. The van der Waals surface area contributed by atoms with Gasteiger partial charge in [-0.3, -0.25) is 0 Å². The number of hydrogen-bond donors (Lipinski definition) is 1. The summed E-state index contributed by atoms with van der Waals surface area (Å²) in [5.41, 5.74) is 2.42. The molecular weight excluding hydrogens is 359 g/mol. The summed E-state index contributed by atoms with van der Waals surface area (Å²) in [6, 6.07) is 8.31. The van der Waals surface area contributed by atoms with E-state index in [-0.39, 0.29) is 10.3 Å². The van der Waals surface area contributed by atoms with Crippen molar-refractivity contribution in [1.29, 1.82) is 0 Å². The van der Waals surface area contributed by atoms with E-state index in [1.165, 1.54) is 6.07 Å². The lowest BCUT2D eigenvalue weighted by Crippen LogP contribution is -2.05. The van der Waals surface area contributed by atoms with Gasteiger partial charge in [-0.25, -0.2) is 4.39 Å². The summed E-state index contributed by atoms with van der Waals surface area (Å²) < 4.78 is 19.5. The summed E-state index contributed by atoms with van der Waals surface area (Å²) in [6.45, 7) is 0.627. The number of hydrogen-bond acceptors (Lipinski definition) is 2. The Bertz CT molecular complexity index is 690. The molecule has 110 valence electrons. The maximum absolute atomic E-state index is 13.6. The quantitative estimate of drug-likeness (QED) is 0.863. The molecule has 1 N–H and O–H groups in total. The normalized spacial score (nSPS) is 14.7. The topological polar surface area (TPSA) is 29.5 Å². The van der Waals surface area contributed by atoms with Crippen molar-refractivity contribution in [2.75, 3.05) is 6.61 Å². The number of fused-ring (bicyclic) bond motifs is 1. The van der Waals surface area contributed by atoms with E-state index in [4.69, 9.17) is 16.3 Å². The van der Waals surface area contributed by atoms with Crippen LogP contribution in [0.3, 0.4) is 0 Å². The highest BCUT2D eigenvalue weighted by molar-refractivity contribution is 9.10. The predicted octanol–water partition coefficient (Wildman–Crippen LogP) is 4.45. The average Bonchev–Trinajstić information content (AvgIpc) is 2.90. The highest BCUT2D eigenvalue weighted by Gasteiger charge is 2.21. The first kappa shape index (κ1) is 14.8. The van der Waals surface area contributed by atoms with Crippen molar-refractivity contribution in [3.8, 4) is 5.75 Å². The molecule has 0 spiro atoms. The smallest absolute Gasteiger partial charge is 0.137 e. The van der Waals surface area contributed by atoms with E-state index in [1.54, 1.807) is 18.2 Å². The molecular formula is C16H13BrClFO2. The van der Waals surface area contributed by atoms with Crippen molar-refractivity contribution in [2.45, 2.75) is 18.9 Å². The van der Waals surface area contributed by atoms with E-state index in [2.05, 4.69) is 15.9 Å². The molecule has 21 heavy (non-hydrogen) atoms. The first-order valence-electron chi connectivity index (χ1n) is 6.62. The summed E-state index contributed by atoms with van der Waals surface area (Å²) >= 11 is 9.29. The van der Waals surface area contributed by atoms with Gasteiger partial charge in [0, 0.05) is 17.9 Å². The first-order chi connectivity index (χ1) is 10.1. The lowest BCUT2D eigenvalue weighted by Gasteiger charge is -2.15. The van der Waals surface area contributed by atoms with E-state index in [0.717, 1.165) is 23.3 Å². The SMILES string of the molecule is OC(Cc1cc(Cl)cc2c1OCC2)c1cccc(F)c1Br. The number of aliphatic hydroxyl groups excluding tert-OH is 1. The Kier molecular flexibility index (Phi) is 4.20. The first-order valence-corrected chi connectivity index (χ1v) is 7.79. The van der Waals surface area contributed by atoms with Crippen LogP contribution >= 0.6 is 27.5 Å². The van der Waals surface area contributed by atoms with Crippen molar-refractivity contribution < 1.29 is 14.2 Å². The Balaban J connectivity index is 1.92. The van der Waals surface area contributed by atoms with Crippen molar-refractivity contribution in [2.24, 2.45) is 0 Å². The van der Waals surface area contributed by atoms with Crippen molar-refractivity contribution >= 4 is 27.5 Å². The minimum atomic E-state index is -0.832. The maximum atomic E-state index is 13.6. The molecule has 1 heterocycles. The van der Waals surface area contributed by atoms with Gasteiger partial charge in [0.15, 0.2) is 0 Å². The Morgan fingerprint density at radius 3 is 3.00 bits per heavy atom. The van der Waals surface area contributed by atoms with Crippen LogP contribution in [0.15, 0.2) is 34.8 Å². The molecule has 0 saturated carbocycles. The van der Waals surface area contributed by atoms with Gasteiger partial charge in [0.05, 0.1) is 17.2 Å². The number of halogens is 3. The van der Waals surface area contributed by atoms with Crippen LogP contribution in [0.25, 0.3) is 0 Å². The van der Waals surface area contributed by atoms with Gasteiger partial charge in [-0.15, -0.1) is 0 Å². The molecule has 1 atom stereocenters. The molecule has 2 nitrogen and oxygen atoms in total. The van der Waals surface area contributed by atoms with Gasteiger partial charge in [-0.05, 0) is 50.8 Å². The van der Waals surface area contributed by atoms with E-state index in [1.807, 2.05) is 6.07 Å². The number of aliphatic hydroxyl groups is 1. The van der Waals surface area contributed by atoms with E-state index in [9.17, 15) is 9.50 Å². The van der Waals surface area contributed by atoms with Crippen LogP contribution in [0.4, 0.5) is 4.39 Å². The fourth-order valence-electron chi connectivity index (χ4n) is 2.59. The Hall–Kier alpha value is -1.10. The Labute approximate surface area is 135 Å². The van der Waals surface area contributed by atoms with Crippen molar-refractivity contribution in [3.05, 3.63) is 62.3 Å². The van der Waals surface area contributed by atoms with Crippen molar-refractivity contribution in [3.63, 3.8) is 0 Å². The highest BCUT2D eigenvalue weighted by Crippen LogP contribution is 2.36. The van der Waals surface area contributed by atoms with Gasteiger partial charge in [0.1, 0.15) is 11.6 Å². The molecule has 5 heteroatoms. The Morgan fingerprint density at radius 1 is 1.38 bits per heavy atom. The second-order valence-corrected chi connectivity index (χ2v) is 6.24. The van der Waals surface area contributed by atoms with Crippen LogP contribution in [0.5, 0.6) is 5.75 Å². The maximum Gasteiger partial charge on any atom is 0.137 e. The second kappa shape index (κ2) is 5.95. The summed E-state index contributed by atoms with van der Waals surface area (Å²) in [4.78, 5) is 0. The minimum absolute atomic E-state index is 0.289. The summed E-state index contributed by atoms with van der Waals surface area (Å²) in [7, 11) is 0. The van der Waals surface area contributed by atoms with Crippen LogP contribution in [-0.2, 0) is 12.8 Å². The fraction of sp³-hybridized carbons (Fsp3) is 0.250. The molecule has 0 radical (unpaired) electrons. The summed E-state index contributed by atoms with van der Waals surface area (Å²) in [6.07, 6.45) is 0.315. The van der Waals surface area contributed by atoms with Gasteiger partial charge >= 0.3 is 0 Å². The van der Waals surface area contributed by atoms with Gasteiger partial charge < -0.3 is 9.84 Å². The number of benzene rings is 2. The highest BCUT2D eigenvalue weighted by atomic mass is 79.9. The zero-order valence-electron chi connectivity index (χ0n) is 11.1. The molecule has 1 unspecified atom stereocenters. The van der Waals surface area contributed by atoms with E-state index >= 15 is 0 Å². The van der Waals surface area contributed by atoms with Crippen molar-refractivity contribution in [1.82, 2.24) is 0 Å². The zero-order chi connectivity index (χ0) is 15.0. The molecule has 2 aromatic rings. The largest absolute Gasteiger partial charge is 0.493 e. The van der Waals surface area contributed by atoms with Gasteiger partial charge in [-0.1, -0.05) is 23.7 Å². The van der Waals surface area contributed by atoms with Crippen LogP contribution in [-0.4, -0.2) is 11.7 Å². The predicted molar refractivity (Wildman–Crippen MR) is 83.4 cm³/mol. The zero-order valence-corrected chi connectivity index (χ0v) is 13.4. The fourth-order valence-corrected chi connectivity index (χ4v) is 3.39. The summed E-state index contributed by atoms with van der Waals surface area (Å²) in [5.74, 6) is 0.407. The minimum Gasteiger partial charge on any atom is -0.493 e. The van der Waals surface area contributed by atoms with E-state index in [0.29, 0.717) is 23.6 Å². The monoisotopic (exact) mass is 370 g/mol. The van der Waals surface area contributed by atoms with Crippen LogP contribution in [0, 0.1) is 5.82 Å². The molecule has 2 aromatic carbocycles. The van der Waals surface area contributed by atoms with E-state index < -0.39 is 6.10 Å².